The van der Waals surface area contributed by atoms with Gasteiger partial charge in [0.2, 0.25) is 5.91 Å². The maximum Gasteiger partial charge on any atom is 0.222 e. The van der Waals surface area contributed by atoms with Crippen molar-refractivity contribution in [3.63, 3.8) is 0 Å². The van der Waals surface area contributed by atoms with Crippen LogP contribution < -0.4 is 5.32 Å². The monoisotopic (exact) mass is 214 g/mol. The lowest BCUT2D eigenvalue weighted by Gasteiger charge is -2.34. The van der Waals surface area contributed by atoms with Gasteiger partial charge in [-0.25, -0.2) is 0 Å². The molecule has 1 aliphatic rings. The molecule has 2 N–H and O–H groups in total. The van der Waals surface area contributed by atoms with Crippen molar-refractivity contribution in [2.75, 3.05) is 26.2 Å². The van der Waals surface area contributed by atoms with Gasteiger partial charge in [-0.3, -0.25) is 4.79 Å². The summed E-state index contributed by atoms with van der Waals surface area (Å²) in [4.78, 5) is 13.8. The molecular weight excluding hydrogens is 192 g/mol. The number of hydrogen-bond donors (Lipinski definition) is 2. The fraction of sp³-hybridized carbons (Fsp3) is 0.909. The molecule has 0 bridgehead atoms. The van der Waals surface area contributed by atoms with Crippen LogP contribution in [0.25, 0.3) is 0 Å². The second-order valence-corrected chi connectivity index (χ2v) is 3.99. The van der Waals surface area contributed by atoms with E-state index < -0.39 is 0 Å². The summed E-state index contributed by atoms with van der Waals surface area (Å²) < 4.78 is 0. The van der Waals surface area contributed by atoms with Gasteiger partial charge in [0.15, 0.2) is 0 Å². The first-order valence-electron chi connectivity index (χ1n) is 5.90. The SMILES string of the molecule is CCN(C(=O)CCCO)C1CCNCC1. The van der Waals surface area contributed by atoms with Crippen molar-refractivity contribution < 1.29 is 9.90 Å². The molecule has 0 atom stereocenters. The maximum absolute atomic E-state index is 11.8. The third kappa shape index (κ3) is 3.80. The Kier molecular flexibility index (Phi) is 5.65. The van der Waals surface area contributed by atoms with Gasteiger partial charge in [-0.15, -0.1) is 0 Å². The first-order chi connectivity index (χ1) is 7.29. The fourth-order valence-corrected chi connectivity index (χ4v) is 2.13. The Morgan fingerprint density at radius 3 is 2.67 bits per heavy atom. The lowest BCUT2D eigenvalue weighted by atomic mass is 10.0. The highest BCUT2D eigenvalue weighted by Gasteiger charge is 2.23. The highest BCUT2D eigenvalue weighted by atomic mass is 16.3. The van der Waals surface area contributed by atoms with Crippen LogP contribution in [-0.4, -0.2) is 48.2 Å². The number of carbonyl (C=O) groups excluding carboxylic acids is 1. The molecule has 1 saturated heterocycles. The van der Waals surface area contributed by atoms with Crippen molar-refractivity contribution in [2.45, 2.75) is 38.6 Å². The van der Waals surface area contributed by atoms with E-state index in [9.17, 15) is 4.79 Å². The summed E-state index contributed by atoms with van der Waals surface area (Å²) in [6.07, 6.45) is 3.17. The van der Waals surface area contributed by atoms with Crippen LogP contribution in [-0.2, 0) is 4.79 Å². The molecule has 0 saturated carbocycles. The molecule has 1 heterocycles. The summed E-state index contributed by atoms with van der Waals surface area (Å²) >= 11 is 0. The largest absolute Gasteiger partial charge is 0.396 e. The number of nitrogens with zero attached hydrogens (tertiary/aromatic N) is 1. The zero-order valence-electron chi connectivity index (χ0n) is 9.54. The molecule has 0 spiro atoms. The molecule has 0 aromatic heterocycles. The van der Waals surface area contributed by atoms with Crippen molar-refractivity contribution in [3.8, 4) is 0 Å². The van der Waals surface area contributed by atoms with Crippen LogP contribution in [0.4, 0.5) is 0 Å². The van der Waals surface area contributed by atoms with Gasteiger partial charge >= 0.3 is 0 Å². The average molecular weight is 214 g/mol. The van der Waals surface area contributed by atoms with E-state index in [1.54, 1.807) is 0 Å². The number of carbonyl (C=O) groups is 1. The summed E-state index contributed by atoms with van der Waals surface area (Å²) in [6, 6.07) is 0.405. The minimum Gasteiger partial charge on any atom is -0.396 e. The Morgan fingerprint density at radius 2 is 2.13 bits per heavy atom. The van der Waals surface area contributed by atoms with Crippen molar-refractivity contribution in [1.82, 2.24) is 10.2 Å². The maximum atomic E-state index is 11.8. The number of rotatable bonds is 5. The fourth-order valence-electron chi connectivity index (χ4n) is 2.13. The number of piperidine rings is 1. The molecule has 0 unspecified atom stereocenters. The topological polar surface area (TPSA) is 52.6 Å². The van der Waals surface area contributed by atoms with E-state index in [-0.39, 0.29) is 12.5 Å². The van der Waals surface area contributed by atoms with Crippen LogP contribution in [0.15, 0.2) is 0 Å². The minimum absolute atomic E-state index is 0.107. The number of nitrogens with one attached hydrogen (secondary N) is 1. The van der Waals surface area contributed by atoms with Crippen LogP contribution in [0.1, 0.15) is 32.6 Å². The van der Waals surface area contributed by atoms with E-state index in [1.165, 1.54) is 0 Å². The standard InChI is InChI=1S/C11H22N2O2/c1-2-13(11(15)4-3-9-14)10-5-7-12-8-6-10/h10,12,14H,2-9H2,1H3. The van der Waals surface area contributed by atoms with Crippen LogP contribution in [0, 0.1) is 0 Å². The van der Waals surface area contributed by atoms with E-state index >= 15 is 0 Å². The molecule has 1 amide bonds. The predicted octanol–water partition coefficient (Wildman–Crippen LogP) is 0.359. The second-order valence-electron chi connectivity index (χ2n) is 3.99. The highest BCUT2D eigenvalue weighted by Crippen LogP contribution is 2.13. The summed E-state index contributed by atoms with van der Waals surface area (Å²) in [6.45, 7) is 4.94. The third-order valence-electron chi connectivity index (χ3n) is 2.96. The Morgan fingerprint density at radius 1 is 1.47 bits per heavy atom. The zero-order valence-corrected chi connectivity index (χ0v) is 9.54. The quantitative estimate of drug-likeness (QED) is 0.695. The second kappa shape index (κ2) is 6.80. The molecule has 0 aliphatic carbocycles. The third-order valence-corrected chi connectivity index (χ3v) is 2.96. The van der Waals surface area contributed by atoms with Crippen molar-refractivity contribution in [1.29, 1.82) is 0 Å². The van der Waals surface area contributed by atoms with Gasteiger partial charge < -0.3 is 15.3 Å². The Labute approximate surface area is 91.6 Å². The molecule has 15 heavy (non-hydrogen) atoms. The first kappa shape index (κ1) is 12.5. The molecule has 4 nitrogen and oxygen atoms in total. The van der Waals surface area contributed by atoms with Gasteiger partial charge in [0, 0.05) is 25.6 Å². The number of hydrogen-bond acceptors (Lipinski definition) is 3. The van der Waals surface area contributed by atoms with E-state index in [4.69, 9.17) is 5.11 Å². The molecule has 1 fully saturated rings. The number of aliphatic hydroxyl groups is 1. The summed E-state index contributed by atoms with van der Waals surface area (Å²) in [5.74, 6) is 0.193. The molecule has 0 aromatic rings. The number of aliphatic hydroxyl groups excluding tert-OH is 1. The summed E-state index contributed by atoms with van der Waals surface area (Å²) in [5, 5.41) is 12.0. The van der Waals surface area contributed by atoms with Gasteiger partial charge in [0.1, 0.15) is 0 Å². The van der Waals surface area contributed by atoms with Crippen LogP contribution >= 0.6 is 0 Å². The lowest BCUT2D eigenvalue weighted by Crippen LogP contribution is -2.46. The van der Waals surface area contributed by atoms with E-state index in [2.05, 4.69) is 5.32 Å². The lowest BCUT2D eigenvalue weighted by molar-refractivity contribution is -0.134. The van der Waals surface area contributed by atoms with E-state index in [0.29, 0.717) is 18.9 Å². The highest BCUT2D eigenvalue weighted by molar-refractivity contribution is 5.76. The molecule has 0 aromatic carbocycles. The Balaban J connectivity index is 2.41. The van der Waals surface area contributed by atoms with Crippen LogP contribution in [0.5, 0.6) is 0 Å². The van der Waals surface area contributed by atoms with Crippen molar-refractivity contribution in [2.24, 2.45) is 0 Å². The first-order valence-corrected chi connectivity index (χ1v) is 5.90. The predicted molar refractivity (Wildman–Crippen MR) is 59.6 cm³/mol. The Bertz CT molecular complexity index is 191. The molecule has 1 aliphatic heterocycles. The van der Waals surface area contributed by atoms with E-state index in [0.717, 1.165) is 32.5 Å². The van der Waals surface area contributed by atoms with Gasteiger partial charge in [-0.2, -0.15) is 0 Å². The molecule has 4 heteroatoms. The van der Waals surface area contributed by atoms with Crippen LogP contribution in [0.2, 0.25) is 0 Å². The van der Waals surface area contributed by atoms with Crippen molar-refractivity contribution in [3.05, 3.63) is 0 Å². The zero-order chi connectivity index (χ0) is 11.1. The van der Waals surface area contributed by atoms with E-state index in [1.807, 2.05) is 11.8 Å². The molecule has 0 radical (unpaired) electrons. The van der Waals surface area contributed by atoms with Gasteiger partial charge in [0.25, 0.3) is 0 Å². The summed E-state index contributed by atoms with van der Waals surface area (Å²) in [5.41, 5.74) is 0. The van der Waals surface area contributed by atoms with Gasteiger partial charge in [0.05, 0.1) is 0 Å². The van der Waals surface area contributed by atoms with Gasteiger partial charge in [-0.05, 0) is 39.3 Å². The van der Waals surface area contributed by atoms with Crippen molar-refractivity contribution >= 4 is 5.91 Å². The average Bonchev–Trinajstić information content (AvgIpc) is 2.29. The molecule has 88 valence electrons. The number of amides is 1. The van der Waals surface area contributed by atoms with Gasteiger partial charge in [-0.1, -0.05) is 0 Å². The Hall–Kier alpha value is -0.610. The van der Waals surface area contributed by atoms with Crippen LogP contribution in [0.3, 0.4) is 0 Å². The smallest absolute Gasteiger partial charge is 0.222 e. The summed E-state index contributed by atoms with van der Waals surface area (Å²) in [7, 11) is 0. The minimum atomic E-state index is 0.107. The molecule has 1 rings (SSSR count). The normalized spacial score (nSPS) is 17.7. The molecular formula is C11H22N2O2.